The summed E-state index contributed by atoms with van der Waals surface area (Å²) in [6.07, 6.45) is 3.20. The Bertz CT molecular complexity index is 1680. The molecule has 1 unspecified atom stereocenters. The molecule has 6 rings (SSSR count). The zero-order valence-electron chi connectivity index (χ0n) is 30.5. The predicted molar refractivity (Wildman–Crippen MR) is 184 cm³/mol. The first-order valence-electron chi connectivity index (χ1n) is 18.1. The molecule has 4 aliphatic rings. The number of alkyl halides is 2. The molecule has 2 amide bonds. The maximum Gasteiger partial charge on any atom is 0.408 e. The number of amides is 2. The Labute approximate surface area is 297 Å². The zero-order chi connectivity index (χ0) is 36.8. The van der Waals surface area contributed by atoms with Gasteiger partial charge in [0.1, 0.15) is 30.0 Å². The lowest BCUT2D eigenvalue weighted by Crippen LogP contribution is -2.57. The summed E-state index contributed by atoms with van der Waals surface area (Å²) in [4.78, 5) is 52.2. The molecule has 11 nitrogen and oxygen atoms in total. The van der Waals surface area contributed by atoms with E-state index in [0.717, 1.165) is 12.5 Å². The van der Waals surface area contributed by atoms with Gasteiger partial charge in [0.25, 0.3) is 0 Å². The molecular weight excluding hydrogens is 662 g/mol. The van der Waals surface area contributed by atoms with Gasteiger partial charge in [-0.15, -0.1) is 0 Å². The molecule has 2 saturated carbocycles. The summed E-state index contributed by atoms with van der Waals surface area (Å²) < 4.78 is 55.9. The number of hydrogen-bond acceptors (Lipinski definition) is 9. The number of aromatic nitrogens is 2. The molecule has 13 heteroatoms. The lowest BCUT2D eigenvalue weighted by molar-refractivity contribution is -0.157. The fourth-order valence-electron chi connectivity index (χ4n) is 7.99. The molecule has 1 saturated heterocycles. The second kappa shape index (κ2) is 14.2. The number of esters is 1. The average Bonchev–Trinajstić information content (AvgIpc) is 3.61. The highest BCUT2D eigenvalue weighted by Crippen LogP contribution is 2.57. The maximum atomic E-state index is 16.2. The van der Waals surface area contributed by atoms with Gasteiger partial charge in [-0.2, -0.15) is 8.78 Å². The Hall–Kier alpha value is -4.03. The SMILES string of the molecule is CC[C@@H]1[C@@H]2CN(C(=O)[C@H](C(C)(C)C)NC(=O)O[C@@H]3CC4C[C@@H]4[C@H]3CC/C=C/C(F)(F)c3nc4ccc(OC)cc4nc3O2)[C@@H]1C(=O)OCC(C)C. The third kappa shape index (κ3) is 7.62. The molecule has 8 atom stereocenters. The van der Waals surface area contributed by atoms with Crippen LogP contribution >= 0.6 is 0 Å². The van der Waals surface area contributed by atoms with Gasteiger partial charge in [-0.05, 0) is 79.4 Å². The van der Waals surface area contributed by atoms with Crippen LogP contribution in [0.1, 0.15) is 79.3 Å². The van der Waals surface area contributed by atoms with Gasteiger partial charge in [-0.3, -0.25) is 4.79 Å². The molecule has 2 aliphatic heterocycles. The van der Waals surface area contributed by atoms with Crippen molar-refractivity contribution in [1.29, 1.82) is 0 Å². The number of nitrogens with zero attached hydrogens (tertiary/aromatic N) is 3. The third-order valence-electron chi connectivity index (χ3n) is 10.7. The van der Waals surface area contributed by atoms with Crippen LogP contribution in [0.2, 0.25) is 0 Å². The molecule has 0 spiro atoms. The van der Waals surface area contributed by atoms with Crippen LogP contribution in [-0.2, 0) is 25.0 Å². The van der Waals surface area contributed by atoms with Crippen LogP contribution in [0.5, 0.6) is 11.6 Å². The molecule has 2 bridgehead atoms. The Morgan fingerprint density at radius 2 is 1.86 bits per heavy atom. The van der Waals surface area contributed by atoms with E-state index in [1.54, 1.807) is 18.2 Å². The Kier molecular flexibility index (Phi) is 10.2. The van der Waals surface area contributed by atoms with E-state index in [4.69, 9.17) is 18.9 Å². The van der Waals surface area contributed by atoms with E-state index >= 15 is 8.78 Å². The van der Waals surface area contributed by atoms with Crippen LogP contribution in [0, 0.1) is 35.0 Å². The van der Waals surface area contributed by atoms with E-state index in [2.05, 4.69) is 15.3 Å². The normalized spacial score (nSPS) is 31.3. The van der Waals surface area contributed by atoms with Crippen molar-refractivity contribution in [1.82, 2.24) is 20.2 Å². The average molecular weight is 713 g/mol. The van der Waals surface area contributed by atoms with Gasteiger partial charge >= 0.3 is 18.0 Å². The van der Waals surface area contributed by atoms with Gasteiger partial charge in [-0.1, -0.05) is 47.6 Å². The summed E-state index contributed by atoms with van der Waals surface area (Å²) >= 11 is 0. The van der Waals surface area contributed by atoms with Crippen LogP contribution in [0.3, 0.4) is 0 Å². The number of allylic oxidation sites excluding steroid dienone is 2. The highest BCUT2D eigenvalue weighted by Gasteiger charge is 2.55. The first-order chi connectivity index (χ1) is 24.1. The number of alkyl carbamates (subject to hydrolysis) is 1. The van der Waals surface area contributed by atoms with Gasteiger partial charge < -0.3 is 29.2 Å². The van der Waals surface area contributed by atoms with Crippen LogP contribution in [0.25, 0.3) is 11.0 Å². The lowest BCUT2D eigenvalue weighted by Gasteiger charge is -2.35. The second-order valence-electron chi connectivity index (χ2n) is 16.0. The van der Waals surface area contributed by atoms with E-state index in [0.29, 0.717) is 43.3 Å². The summed E-state index contributed by atoms with van der Waals surface area (Å²) in [5.74, 6) is -4.47. The Morgan fingerprint density at radius 1 is 1.10 bits per heavy atom. The molecule has 3 heterocycles. The largest absolute Gasteiger partial charge is 0.497 e. The summed E-state index contributed by atoms with van der Waals surface area (Å²) in [5.41, 5.74) is -0.943. The highest BCUT2D eigenvalue weighted by atomic mass is 19.3. The van der Waals surface area contributed by atoms with Gasteiger partial charge in [0.05, 0.1) is 31.3 Å². The van der Waals surface area contributed by atoms with Crippen molar-refractivity contribution >= 4 is 29.0 Å². The number of ether oxygens (including phenoxy) is 4. The van der Waals surface area contributed by atoms with Crippen LogP contribution in [0.15, 0.2) is 30.4 Å². The number of methoxy groups -OCH3 is 1. The van der Waals surface area contributed by atoms with Crippen molar-refractivity contribution in [3.63, 3.8) is 0 Å². The van der Waals surface area contributed by atoms with E-state index in [9.17, 15) is 14.4 Å². The van der Waals surface area contributed by atoms with E-state index < -0.39 is 65.0 Å². The minimum atomic E-state index is -3.57. The predicted octanol–water partition coefficient (Wildman–Crippen LogP) is 6.43. The smallest absolute Gasteiger partial charge is 0.408 e. The van der Waals surface area contributed by atoms with Crippen molar-refractivity contribution < 1.29 is 42.1 Å². The molecule has 278 valence electrons. The van der Waals surface area contributed by atoms with Crippen molar-refractivity contribution in [2.24, 2.45) is 35.0 Å². The molecule has 1 aromatic carbocycles. The Balaban J connectivity index is 1.46. The number of nitrogens with one attached hydrogen (secondary N) is 1. The van der Waals surface area contributed by atoms with Crippen LogP contribution < -0.4 is 14.8 Å². The quantitative estimate of drug-likeness (QED) is 0.276. The van der Waals surface area contributed by atoms with Gasteiger partial charge in [-0.25, -0.2) is 19.6 Å². The summed E-state index contributed by atoms with van der Waals surface area (Å²) in [7, 11) is 1.49. The number of rotatable bonds is 5. The lowest BCUT2D eigenvalue weighted by atomic mass is 9.85. The van der Waals surface area contributed by atoms with E-state index in [1.165, 1.54) is 18.1 Å². The van der Waals surface area contributed by atoms with E-state index in [1.807, 2.05) is 41.5 Å². The number of carbonyl (C=O) groups excluding carboxylic acids is 3. The summed E-state index contributed by atoms with van der Waals surface area (Å²) in [5, 5.41) is 2.84. The minimum absolute atomic E-state index is 0.0146. The van der Waals surface area contributed by atoms with E-state index in [-0.39, 0.29) is 42.1 Å². The molecule has 51 heavy (non-hydrogen) atoms. The molecule has 1 N–H and O–H groups in total. The second-order valence-corrected chi connectivity index (χ2v) is 16.0. The van der Waals surface area contributed by atoms with Crippen molar-refractivity contribution in [3.05, 3.63) is 36.0 Å². The maximum absolute atomic E-state index is 16.2. The molecule has 3 fully saturated rings. The van der Waals surface area contributed by atoms with Crippen molar-refractivity contribution in [2.75, 3.05) is 20.3 Å². The van der Waals surface area contributed by atoms with Gasteiger partial charge in [0.15, 0.2) is 5.69 Å². The van der Waals surface area contributed by atoms with Crippen LogP contribution in [0.4, 0.5) is 13.6 Å². The number of carbonyl (C=O) groups is 3. The Morgan fingerprint density at radius 3 is 2.55 bits per heavy atom. The molecule has 1 aromatic heterocycles. The number of fused-ring (bicyclic) bond motifs is 7. The minimum Gasteiger partial charge on any atom is -0.497 e. The topological polar surface area (TPSA) is 129 Å². The molecule has 0 radical (unpaired) electrons. The molecule has 2 aliphatic carbocycles. The van der Waals surface area contributed by atoms with Crippen LogP contribution in [-0.4, -0.2) is 77.4 Å². The fourth-order valence-corrected chi connectivity index (χ4v) is 7.99. The fraction of sp³-hybridized carbons (Fsp3) is 0.658. The highest BCUT2D eigenvalue weighted by molar-refractivity contribution is 5.91. The van der Waals surface area contributed by atoms with Gasteiger partial charge in [0.2, 0.25) is 11.8 Å². The summed E-state index contributed by atoms with van der Waals surface area (Å²) in [6, 6.07) is 2.58. The first-order valence-corrected chi connectivity index (χ1v) is 18.1. The van der Waals surface area contributed by atoms with Crippen molar-refractivity contribution in [2.45, 2.75) is 104 Å². The monoisotopic (exact) mass is 712 g/mol. The molecular formula is C38H50F2N4O7. The molecule has 2 aromatic rings. The number of benzene rings is 1. The third-order valence-corrected chi connectivity index (χ3v) is 10.7. The van der Waals surface area contributed by atoms with Gasteiger partial charge in [0, 0.05) is 12.0 Å². The number of hydrogen-bond donors (Lipinski definition) is 1. The zero-order valence-corrected chi connectivity index (χ0v) is 30.5. The first kappa shape index (κ1) is 36.8. The standard InChI is InChI=1S/C38H50F2N4O7/c1-8-23-29-18-44(30(23)35(46)49-19-20(2)3)34(45)32(37(4,5)6)43-36(47)51-28-16-21-15-25(21)24(28)11-9-10-14-38(39,40)31-33(50-29)42-27-17-22(48-7)12-13-26(27)41-31/h10,12-14,17,20-21,23-25,28-30,32H,8-9,11,15-16,18-19H2,1-7H3,(H,43,47)/b14-10+/t21?,23-,24-,25+,28-,29+,30+,32-/m1/s1. The number of halogens is 2. The summed E-state index contributed by atoms with van der Waals surface area (Å²) in [6.45, 7) is 11.1. The van der Waals surface area contributed by atoms with Crippen molar-refractivity contribution in [3.8, 4) is 11.6 Å².